The van der Waals surface area contributed by atoms with Gasteiger partial charge >= 0.3 is 0 Å². The van der Waals surface area contributed by atoms with Crippen LogP contribution in [0.3, 0.4) is 0 Å². The molecular formula is C22H26BrNO2. The molecule has 1 amide bonds. The topological polar surface area (TPSA) is 38.3 Å². The van der Waals surface area contributed by atoms with Crippen LogP contribution in [0.2, 0.25) is 0 Å². The van der Waals surface area contributed by atoms with Crippen LogP contribution in [0.15, 0.2) is 46.9 Å². The Morgan fingerprint density at radius 2 is 1.69 bits per heavy atom. The van der Waals surface area contributed by atoms with Gasteiger partial charge in [0.2, 0.25) is 5.91 Å². The molecule has 0 radical (unpaired) electrons. The van der Waals surface area contributed by atoms with E-state index >= 15 is 0 Å². The zero-order valence-electron chi connectivity index (χ0n) is 16.0. The number of anilines is 1. The lowest BCUT2D eigenvalue weighted by Gasteiger charge is -2.19. The fourth-order valence-electron chi connectivity index (χ4n) is 2.82. The zero-order chi connectivity index (χ0) is 19.3. The van der Waals surface area contributed by atoms with Crippen LogP contribution in [0.25, 0.3) is 6.08 Å². The van der Waals surface area contributed by atoms with E-state index in [1.165, 1.54) is 0 Å². The molecule has 0 spiro atoms. The number of carbonyl (C=O) groups excluding carboxylic acids is 1. The number of hydrogen-bond donors (Lipinski definition) is 1. The van der Waals surface area contributed by atoms with Gasteiger partial charge in [0.1, 0.15) is 5.75 Å². The number of methoxy groups -OCH3 is 1. The first-order chi connectivity index (χ1) is 12.3. The van der Waals surface area contributed by atoms with Crippen LogP contribution in [0, 0.1) is 0 Å². The van der Waals surface area contributed by atoms with Crippen molar-refractivity contribution in [2.24, 2.45) is 0 Å². The number of ether oxygens (including phenoxy) is 1. The molecule has 0 fully saturated rings. The maximum atomic E-state index is 12.5. The van der Waals surface area contributed by atoms with Crippen molar-refractivity contribution >= 4 is 33.6 Å². The first kappa shape index (κ1) is 20.2. The van der Waals surface area contributed by atoms with Gasteiger partial charge in [-0.05, 0) is 62.7 Å². The van der Waals surface area contributed by atoms with Crippen LogP contribution < -0.4 is 10.1 Å². The maximum Gasteiger partial charge on any atom is 0.248 e. The summed E-state index contributed by atoms with van der Waals surface area (Å²) < 4.78 is 6.08. The Morgan fingerprint density at radius 3 is 2.19 bits per heavy atom. The highest BCUT2D eigenvalue weighted by molar-refractivity contribution is 9.10. The van der Waals surface area contributed by atoms with Gasteiger partial charge in [-0.25, -0.2) is 0 Å². The van der Waals surface area contributed by atoms with Crippen LogP contribution in [-0.2, 0) is 4.79 Å². The number of rotatable bonds is 6. The molecule has 0 atom stereocenters. The smallest absolute Gasteiger partial charge is 0.248 e. The van der Waals surface area contributed by atoms with Crippen molar-refractivity contribution in [1.29, 1.82) is 0 Å². The minimum absolute atomic E-state index is 0.132. The van der Waals surface area contributed by atoms with Crippen molar-refractivity contribution in [3.8, 4) is 5.75 Å². The average Bonchev–Trinajstić information content (AvgIpc) is 2.59. The van der Waals surface area contributed by atoms with Crippen LogP contribution in [0.5, 0.6) is 5.75 Å². The molecule has 0 bridgehead atoms. The molecule has 2 aromatic rings. The summed E-state index contributed by atoms with van der Waals surface area (Å²) in [6, 6.07) is 11.9. The number of nitrogens with one attached hydrogen (secondary N) is 1. The Kier molecular flexibility index (Phi) is 7.04. The monoisotopic (exact) mass is 415 g/mol. The van der Waals surface area contributed by atoms with Gasteiger partial charge in [0, 0.05) is 11.8 Å². The predicted molar refractivity (Wildman–Crippen MR) is 113 cm³/mol. The standard InChI is InChI=1S/C22H26BrNO2/c1-14(2)17-7-6-8-18(15(3)4)22(17)24-21(25)12-10-16-9-11-20(26-5)19(23)13-16/h6-15H,1-5H3,(H,24,25)/b12-10+. The quantitative estimate of drug-likeness (QED) is 0.557. The highest BCUT2D eigenvalue weighted by Gasteiger charge is 2.15. The fourth-order valence-corrected chi connectivity index (χ4v) is 3.38. The molecule has 0 saturated heterocycles. The summed E-state index contributed by atoms with van der Waals surface area (Å²) >= 11 is 3.46. The van der Waals surface area contributed by atoms with E-state index in [9.17, 15) is 4.79 Å². The number of halogens is 1. The van der Waals surface area contributed by atoms with Crippen molar-refractivity contribution in [3.05, 3.63) is 63.6 Å². The maximum absolute atomic E-state index is 12.5. The number of benzene rings is 2. The van der Waals surface area contributed by atoms with Gasteiger partial charge in [0.25, 0.3) is 0 Å². The molecule has 0 aromatic heterocycles. The third kappa shape index (κ3) is 4.98. The van der Waals surface area contributed by atoms with Crippen molar-refractivity contribution in [3.63, 3.8) is 0 Å². The van der Waals surface area contributed by atoms with E-state index in [0.717, 1.165) is 32.6 Å². The van der Waals surface area contributed by atoms with Gasteiger partial charge in [-0.1, -0.05) is 52.0 Å². The fraction of sp³-hybridized carbons (Fsp3) is 0.318. The normalized spacial score (nSPS) is 11.4. The number of amides is 1. The molecule has 3 nitrogen and oxygen atoms in total. The van der Waals surface area contributed by atoms with Crippen molar-refractivity contribution in [2.45, 2.75) is 39.5 Å². The number of para-hydroxylation sites is 1. The Bertz CT molecular complexity index is 784. The largest absolute Gasteiger partial charge is 0.496 e. The summed E-state index contributed by atoms with van der Waals surface area (Å²) in [7, 11) is 1.63. The number of hydrogen-bond acceptors (Lipinski definition) is 2. The summed E-state index contributed by atoms with van der Waals surface area (Å²) in [6.45, 7) is 8.55. The molecule has 2 aromatic carbocycles. The summed E-state index contributed by atoms with van der Waals surface area (Å²) in [6.07, 6.45) is 3.36. The Morgan fingerprint density at radius 1 is 1.08 bits per heavy atom. The minimum Gasteiger partial charge on any atom is -0.496 e. The van der Waals surface area contributed by atoms with Gasteiger partial charge in [-0.3, -0.25) is 4.79 Å². The predicted octanol–water partition coefficient (Wildman–Crippen LogP) is 6.36. The van der Waals surface area contributed by atoms with Crippen LogP contribution in [0.4, 0.5) is 5.69 Å². The van der Waals surface area contributed by atoms with Gasteiger partial charge in [-0.2, -0.15) is 0 Å². The SMILES string of the molecule is COc1ccc(/C=C/C(=O)Nc2c(C(C)C)cccc2C(C)C)cc1Br. The van der Waals surface area contributed by atoms with E-state index in [0.29, 0.717) is 11.8 Å². The van der Waals surface area contributed by atoms with Gasteiger partial charge in [0.15, 0.2) is 0 Å². The summed E-state index contributed by atoms with van der Waals surface area (Å²) in [5.41, 5.74) is 4.17. The molecule has 2 rings (SSSR count). The summed E-state index contributed by atoms with van der Waals surface area (Å²) in [5, 5.41) is 3.09. The van der Waals surface area contributed by atoms with Crippen LogP contribution in [-0.4, -0.2) is 13.0 Å². The minimum atomic E-state index is -0.132. The molecule has 0 unspecified atom stereocenters. The molecule has 4 heteroatoms. The summed E-state index contributed by atoms with van der Waals surface area (Å²) in [5.74, 6) is 1.31. The van der Waals surface area contributed by atoms with Gasteiger partial charge in [0.05, 0.1) is 11.6 Å². The molecule has 0 aliphatic rings. The Labute approximate surface area is 164 Å². The van der Waals surface area contributed by atoms with E-state index in [2.05, 4.69) is 67.1 Å². The van der Waals surface area contributed by atoms with E-state index < -0.39 is 0 Å². The Balaban J connectivity index is 2.23. The highest BCUT2D eigenvalue weighted by atomic mass is 79.9. The molecular weight excluding hydrogens is 390 g/mol. The zero-order valence-corrected chi connectivity index (χ0v) is 17.6. The van der Waals surface area contributed by atoms with Gasteiger partial charge < -0.3 is 10.1 Å². The van der Waals surface area contributed by atoms with Crippen molar-refractivity contribution in [2.75, 3.05) is 12.4 Å². The highest BCUT2D eigenvalue weighted by Crippen LogP contribution is 2.32. The third-order valence-corrected chi connectivity index (χ3v) is 4.84. The first-order valence-corrected chi connectivity index (χ1v) is 9.58. The first-order valence-electron chi connectivity index (χ1n) is 8.78. The molecule has 0 aliphatic heterocycles. The van der Waals surface area contributed by atoms with Crippen molar-refractivity contribution < 1.29 is 9.53 Å². The molecule has 0 saturated carbocycles. The molecule has 26 heavy (non-hydrogen) atoms. The van der Waals surface area contributed by atoms with Gasteiger partial charge in [-0.15, -0.1) is 0 Å². The van der Waals surface area contributed by atoms with E-state index in [-0.39, 0.29) is 5.91 Å². The lowest BCUT2D eigenvalue weighted by molar-refractivity contribution is -0.111. The molecule has 1 N–H and O–H groups in total. The lowest BCUT2D eigenvalue weighted by atomic mass is 9.92. The second kappa shape index (κ2) is 9.04. The lowest BCUT2D eigenvalue weighted by Crippen LogP contribution is -2.13. The van der Waals surface area contributed by atoms with E-state index in [4.69, 9.17) is 4.74 Å². The molecule has 0 aliphatic carbocycles. The molecule has 138 valence electrons. The van der Waals surface area contributed by atoms with Crippen LogP contribution in [0.1, 0.15) is 56.2 Å². The second-order valence-electron chi connectivity index (χ2n) is 6.84. The van der Waals surface area contributed by atoms with E-state index in [1.807, 2.05) is 18.2 Å². The van der Waals surface area contributed by atoms with E-state index in [1.54, 1.807) is 19.3 Å². The number of carbonyl (C=O) groups is 1. The average molecular weight is 416 g/mol. The Hall–Kier alpha value is -2.07. The molecule has 0 heterocycles. The summed E-state index contributed by atoms with van der Waals surface area (Å²) in [4.78, 5) is 12.5. The second-order valence-corrected chi connectivity index (χ2v) is 7.69. The van der Waals surface area contributed by atoms with Crippen molar-refractivity contribution in [1.82, 2.24) is 0 Å². The van der Waals surface area contributed by atoms with Crippen LogP contribution >= 0.6 is 15.9 Å². The third-order valence-electron chi connectivity index (χ3n) is 4.22.